The van der Waals surface area contributed by atoms with E-state index in [4.69, 9.17) is 30.5 Å². The smallest absolute Gasteiger partial charge is 0.308 e. The number of rotatable bonds is 8. The number of alkyl halides is 1. The summed E-state index contributed by atoms with van der Waals surface area (Å²) >= 11 is 5.71. The number of phenolic OH excluding ortho intramolecular Hbond substituents is 1. The molecule has 0 spiro atoms. The fourth-order valence-electron chi connectivity index (χ4n) is 8.13. The summed E-state index contributed by atoms with van der Waals surface area (Å²) in [6.07, 6.45) is 0.910. The largest absolute Gasteiger partial charge is 0.504 e. The van der Waals surface area contributed by atoms with E-state index in [1.54, 1.807) is 13.8 Å². The van der Waals surface area contributed by atoms with Crippen LogP contribution < -0.4 is 29.6 Å². The van der Waals surface area contributed by atoms with Gasteiger partial charge in [0.05, 0.1) is 25.3 Å². The predicted octanol–water partition coefficient (Wildman–Crippen LogP) is 2.69. The van der Waals surface area contributed by atoms with Crippen LogP contribution in [0.1, 0.15) is 65.7 Å². The van der Waals surface area contributed by atoms with Gasteiger partial charge < -0.3 is 34.7 Å². The van der Waals surface area contributed by atoms with Crippen molar-refractivity contribution in [2.45, 2.75) is 83.2 Å². The summed E-state index contributed by atoms with van der Waals surface area (Å²) in [6.45, 7) is 6.59. The lowest BCUT2D eigenvalue weighted by Crippen LogP contribution is -2.69. The number of hydrogen-bond donors (Lipinski definition) is 3. The van der Waals surface area contributed by atoms with Gasteiger partial charge in [-0.05, 0) is 51.8 Å². The number of hydrogen-bond acceptors (Lipinski definition) is 11. The monoisotopic (exact) mass is 681 g/mol. The molecule has 6 atom stereocenters. The number of nitrogens with zero attached hydrogens (tertiary/aromatic N) is 3. The molecule has 1 saturated heterocycles. The highest BCUT2D eigenvalue weighted by Gasteiger charge is 2.57. The summed E-state index contributed by atoms with van der Waals surface area (Å²) in [4.78, 5) is 42.3. The van der Waals surface area contributed by atoms with Gasteiger partial charge >= 0.3 is 5.97 Å². The molecule has 0 aromatic heterocycles. The van der Waals surface area contributed by atoms with Gasteiger partial charge in [-0.25, -0.2) is 0 Å². The van der Waals surface area contributed by atoms with Crippen LogP contribution in [-0.2, 0) is 27.2 Å². The van der Waals surface area contributed by atoms with Crippen molar-refractivity contribution in [3.8, 4) is 34.8 Å². The SMILES string of the molecule is COc1c(C)cc2c(c1O)C1C3Cc4c(OC(C)=O)c(C)c5c(c4[C@H](CNC(=O)[C@H](C)NC(=O)CCCl)N3[C@@H](C#N)C(C2)N1C)OCO5. The minimum atomic E-state index is -0.849. The second kappa shape index (κ2) is 13.0. The van der Waals surface area contributed by atoms with Crippen molar-refractivity contribution in [3.63, 3.8) is 0 Å². The zero-order chi connectivity index (χ0) is 34.6. The van der Waals surface area contributed by atoms with Crippen LogP contribution in [0, 0.1) is 25.2 Å². The molecular formula is C34H40ClN5O8. The van der Waals surface area contributed by atoms with E-state index in [9.17, 15) is 24.8 Å². The number of halogens is 1. The summed E-state index contributed by atoms with van der Waals surface area (Å²) in [5.74, 6) is 0.549. The highest BCUT2D eigenvalue weighted by Crippen LogP contribution is 2.58. The van der Waals surface area contributed by atoms with Crippen LogP contribution in [0.5, 0.6) is 28.7 Å². The minimum Gasteiger partial charge on any atom is -0.504 e. The molecule has 3 N–H and O–H groups in total. The molecule has 2 amide bonds. The van der Waals surface area contributed by atoms with Crippen LogP contribution >= 0.6 is 11.6 Å². The van der Waals surface area contributed by atoms with Gasteiger partial charge in [-0.3, -0.25) is 24.2 Å². The Bertz CT molecular complexity index is 1730. The number of carbonyl (C=O) groups is 3. The highest BCUT2D eigenvalue weighted by molar-refractivity contribution is 6.19. The second-order valence-corrected chi connectivity index (χ2v) is 13.2. The van der Waals surface area contributed by atoms with E-state index in [0.29, 0.717) is 52.5 Å². The number of likely N-dealkylation sites (N-methyl/N-ethyl adjacent to an activating group) is 1. The number of piperazine rings is 1. The van der Waals surface area contributed by atoms with E-state index in [1.807, 2.05) is 20.0 Å². The predicted molar refractivity (Wildman–Crippen MR) is 173 cm³/mol. The first-order valence-electron chi connectivity index (χ1n) is 16.0. The molecule has 3 unspecified atom stereocenters. The molecule has 4 aliphatic heterocycles. The Labute approximate surface area is 284 Å². The standard InChI is InChI=1S/C34H40ClN5O8/c1-15-9-19-10-21-23(12-36)40-22(28(39(21)5)26(19)29(43)30(15)45-6)11-20-27(24(40)13-37-34(44)17(3)38-25(42)7-8-35)33-32(46-14-47-33)16(2)31(20)48-18(4)41/h9,17,21-24,28,43H,7-8,10-11,13-14H2,1-6H3,(H,37,44)(H,38,42)/t17-,21?,22?,23-,24-,28?/m0/s1. The number of phenols is 1. The van der Waals surface area contributed by atoms with Gasteiger partial charge in [0.25, 0.3) is 0 Å². The molecule has 14 heteroatoms. The summed E-state index contributed by atoms with van der Waals surface area (Å²) in [5, 5.41) is 28.2. The van der Waals surface area contributed by atoms with Crippen molar-refractivity contribution in [3.05, 3.63) is 39.4 Å². The van der Waals surface area contributed by atoms with Gasteiger partial charge in [-0.2, -0.15) is 5.26 Å². The first-order valence-corrected chi connectivity index (χ1v) is 16.5. The number of amides is 2. The Morgan fingerprint density at radius 2 is 1.90 bits per heavy atom. The van der Waals surface area contributed by atoms with Gasteiger partial charge in [0, 0.05) is 60.1 Å². The molecule has 2 aromatic carbocycles. The third kappa shape index (κ3) is 5.36. The summed E-state index contributed by atoms with van der Waals surface area (Å²) in [7, 11) is 3.48. The molecule has 4 heterocycles. The van der Waals surface area contributed by atoms with Gasteiger partial charge in [0.15, 0.2) is 23.0 Å². The van der Waals surface area contributed by atoms with Crippen molar-refractivity contribution in [2.75, 3.05) is 33.4 Å². The topological polar surface area (TPSA) is 163 Å². The van der Waals surface area contributed by atoms with E-state index in [0.717, 1.165) is 16.7 Å². The lowest BCUT2D eigenvalue weighted by Gasteiger charge is -2.60. The second-order valence-electron chi connectivity index (χ2n) is 12.8. The molecule has 1 fully saturated rings. The van der Waals surface area contributed by atoms with Crippen LogP contribution in [0.25, 0.3) is 0 Å². The third-order valence-electron chi connectivity index (χ3n) is 10.1. The molecular weight excluding hydrogens is 642 g/mol. The average molecular weight is 682 g/mol. The Morgan fingerprint density at radius 1 is 1.17 bits per heavy atom. The number of benzene rings is 2. The molecule has 0 saturated carbocycles. The number of nitrogens with one attached hydrogen (secondary N) is 2. The maximum Gasteiger partial charge on any atom is 0.308 e. The number of aromatic hydroxyl groups is 1. The van der Waals surface area contributed by atoms with Crippen molar-refractivity contribution in [1.82, 2.24) is 20.4 Å². The number of fused-ring (bicyclic) bond motifs is 9. The summed E-state index contributed by atoms with van der Waals surface area (Å²) < 4.78 is 23.4. The van der Waals surface area contributed by atoms with Crippen LogP contribution in [0.15, 0.2) is 6.07 Å². The van der Waals surface area contributed by atoms with E-state index in [-0.39, 0.29) is 43.3 Å². The van der Waals surface area contributed by atoms with E-state index in [2.05, 4.69) is 26.5 Å². The molecule has 2 aromatic rings. The fraction of sp³-hybridized carbons (Fsp3) is 0.529. The quantitative estimate of drug-likeness (QED) is 0.213. The fourth-order valence-corrected chi connectivity index (χ4v) is 8.30. The average Bonchev–Trinajstić information content (AvgIpc) is 3.52. The van der Waals surface area contributed by atoms with Crippen molar-refractivity contribution < 1.29 is 38.4 Å². The van der Waals surface area contributed by atoms with Gasteiger partial charge in [-0.1, -0.05) is 6.07 Å². The Hall–Kier alpha value is -4.25. The maximum atomic E-state index is 13.4. The Morgan fingerprint density at radius 3 is 2.56 bits per heavy atom. The van der Waals surface area contributed by atoms with Crippen molar-refractivity contribution in [1.29, 1.82) is 5.26 Å². The van der Waals surface area contributed by atoms with E-state index < -0.39 is 42.1 Å². The van der Waals surface area contributed by atoms with Crippen molar-refractivity contribution in [2.24, 2.45) is 0 Å². The molecule has 2 bridgehead atoms. The zero-order valence-corrected chi connectivity index (χ0v) is 28.6. The number of carbonyl (C=O) groups excluding carboxylic acids is 3. The van der Waals surface area contributed by atoms with Gasteiger partial charge in [0.2, 0.25) is 18.6 Å². The van der Waals surface area contributed by atoms with Crippen LogP contribution in [0.4, 0.5) is 0 Å². The lowest BCUT2D eigenvalue weighted by molar-refractivity contribution is -0.132. The number of ether oxygens (including phenoxy) is 4. The molecule has 0 aliphatic carbocycles. The van der Waals surface area contributed by atoms with Crippen LogP contribution in [-0.4, -0.2) is 90.2 Å². The number of aryl methyl sites for hydroxylation is 1. The molecule has 0 radical (unpaired) electrons. The molecule has 256 valence electrons. The van der Waals surface area contributed by atoms with E-state index in [1.165, 1.54) is 14.0 Å². The first-order chi connectivity index (χ1) is 22.9. The number of methoxy groups -OCH3 is 1. The summed E-state index contributed by atoms with van der Waals surface area (Å²) in [6, 6.07) is 1.39. The first kappa shape index (κ1) is 33.6. The van der Waals surface area contributed by atoms with Gasteiger partial charge in [-0.15, -0.1) is 11.6 Å². The number of nitriles is 1. The van der Waals surface area contributed by atoms with Crippen LogP contribution in [0.2, 0.25) is 0 Å². The minimum absolute atomic E-state index is 0.0355. The third-order valence-corrected chi connectivity index (χ3v) is 10.3. The molecule has 6 rings (SSSR count). The van der Waals surface area contributed by atoms with Crippen molar-refractivity contribution >= 4 is 29.4 Å². The molecule has 13 nitrogen and oxygen atoms in total. The summed E-state index contributed by atoms with van der Waals surface area (Å²) in [5.41, 5.74) is 4.42. The zero-order valence-electron chi connectivity index (χ0n) is 27.8. The number of esters is 1. The molecule has 48 heavy (non-hydrogen) atoms. The molecule has 4 aliphatic rings. The normalized spacial score (nSPS) is 24.3. The lowest BCUT2D eigenvalue weighted by atomic mass is 9.71. The van der Waals surface area contributed by atoms with Gasteiger partial charge in [0.1, 0.15) is 17.8 Å². The highest BCUT2D eigenvalue weighted by atomic mass is 35.5. The Kier molecular flexibility index (Phi) is 9.10. The Balaban J connectivity index is 1.52. The van der Waals surface area contributed by atoms with E-state index >= 15 is 0 Å². The van der Waals surface area contributed by atoms with Crippen LogP contribution in [0.3, 0.4) is 0 Å². The maximum absolute atomic E-state index is 13.4.